The van der Waals surface area contributed by atoms with E-state index in [9.17, 15) is 0 Å². The molecule has 0 aliphatic rings. The van der Waals surface area contributed by atoms with Crippen LogP contribution in [0.4, 0.5) is 0 Å². The molecule has 0 aromatic carbocycles. The van der Waals surface area contributed by atoms with Gasteiger partial charge in [0.2, 0.25) is 0 Å². The molecule has 2 nitrogen and oxygen atoms in total. The molecule has 2 N–H and O–H groups in total. The summed E-state index contributed by atoms with van der Waals surface area (Å²) in [7, 11) is -1.67. The zero-order chi connectivity index (χ0) is 7.11. The first-order chi connectivity index (χ1) is 4.27. The monoisotopic (exact) mass is 166 g/mol. The normalized spacial score (nSPS) is 10.1. The van der Waals surface area contributed by atoms with Crippen LogP contribution < -0.4 is 0 Å². The fourth-order valence-corrected chi connectivity index (χ4v) is 1.82. The van der Waals surface area contributed by atoms with Crippen LogP contribution in [0.25, 0.3) is 0 Å². The third-order valence-corrected chi connectivity index (χ3v) is 2.56. The predicted octanol–water partition coefficient (Wildman–Crippen LogP) is 1.20. The SMILES string of the molecule is C=CCSCCP(O)O. The Hall–Kier alpha value is 0.440. The van der Waals surface area contributed by atoms with E-state index in [2.05, 4.69) is 6.58 Å². The first-order valence-electron chi connectivity index (χ1n) is 2.61. The van der Waals surface area contributed by atoms with Gasteiger partial charge >= 0.3 is 0 Å². The zero-order valence-electron chi connectivity index (χ0n) is 5.16. The highest BCUT2D eigenvalue weighted by molar-refractivity contribution is 7.99. The van der Waals surface area contributed by atoms with Crippen molar-refractivity contribution in [1.29, 1.82) is 0 Å². The van der Waals surface area contributed by atoms with E-state index in [0.29, 0.717) is 6.16 Å². The summed E-state index contributed by atoms with van der Waals surface area (Å²) >= 11 is 1.66. The number of hydrogen-bond acceptors (Lipinski definition) is 3. The molecule has 0 rings (SSSR count). The number of thioether (sulfide) groups is 1. The summed E-state index contributed by atoms with van der Waals surface area (Å²) in [4.78, 5) is 16.9. The van der Waals surface area contributed by atoms with Gasteiger partial charge < -0.3 is 9.79 Å². The Kier molecular flexibility index (Phi) is 6.88. The predicted molar refractivity (Wildman–Crippen MR) is 43.7 cm³/mol. The summed E-state index contributed by atoms with van der Waals surface area (Å²) in [6.45, 7) is 3.54. The quantitative estimate of drug-likeness (QED) is 0.366. The van der Waals surface area contributed by atoms with E-state index in [1.807, 2.05) is 6.08 Å². The van der Waals surface area contributed by atoms with Gasteiger partial charge in [-0.1, -0.05) is 6.08 Å². The molecule has 0 aromatic rings. The highest BCUT2D eigenvalue weighted by Gasteiger charge is 1.95. The molecule has 9 heavy (non-hydrogen) atoms. The lowest BCUT2D eigenvalue weighted by molar-refractivity contribution is 0.485. The molecule has 0 aliphatic heterocycles. The van der Waals surface area contributed by atoms with Crippen molar-refractivity contribution in [2.24, 2.45) is 0 Å². The van der Waals surface area contributed by atoms with Gasteiger partial charge in [0.15, 0.2) is 8.38 Å². The van der Waals surface area contributed by atoms with E-state index in [-0.39, 0.29) is 0 Å². The molecule has 0 radical (unpaired) electrons. The number of hydrogen-bond donors (Lipinski definition) is 2. The molecule has 0 aliphatic carbocycles. The fraction of sp³-hybridized carbons (Fsp3) is 0.600. The van der Waals surface area contributed by atoms with Crippen LogP contribution in [0.5, 0.6) is 0 Å². The van der Waals surface area contributed by atoms with Crippen molar-refractivity contribution in [3.05, 3.63) is 12.7 Å². The van der Waals surface area contributed by atoms with Gasteiger partial charge in [0.25, 0.3) is 0 Å². The Morgan fingerprint density at radius 3 is 2.67 bits per heavy atom. The third kappa shape index (κ3) is 8.44. The molecule has 0 bridgehead atoms. The Bertz CT molecular complexity index is 77.4. The molecule has 0 aromatic heterocycles. The summed E-state index contributed by atoms with van der Waals surface area (Å²) in [5, 5.41) is 0. The van der Waals surface area contributed by atoms with Crippen LogP contribution in [0.3, 0.4) is 0 Å². The maximum Gasteiger partial charge on any atom is 0.165 e. The summed E-state index contributed by atoms with van der Waals surface area (Å²) in [5.74, 6) is 1.70. The van der Waals surface area contributed by atoms with Crippen LogP contribution in [0.1, 0.15) is 0 Å². The lowest BCUT2D eigenvalue weighted by Crippen LogP contribution is -1.86. The molecule has 0 atom stereocenters. The van der Waals surface area contributed by atoms with Crippen molar-refractivity contribution in [2.45, 2.75) is 0 Å². The smallest absolute Gasteiger partial charge is 0.165 e. The first-order valence-corrected chi connectivity index (χ1v) is 5.20. The van der Waals surface area contributed by atoms with E-state index in [0.717, 1.165) is 11.5 Å². The molecule has 0 saturated carbocycles. The largest absolute Gasteiger partial charge is 0.350 e. The minimum atomic E-state index is -1.67. The maximum absolute atomic E-state index is 8.43. The Balaban J connectivity index is 2.82. The average Bonchev–Trinajstić information content (AvgIpc) is 1.80. The molecule has 4 heteroatoms. The third-order valence-electron chi connectivity index (χ3n) is 0.671. The van der Waals surface area contributed by atoms with Gasteiger partial charge in [-0.2, -0.15) is 11.8 Å². The summed E-state index contributed by atoms with van der Waals surface area (Å²) in [6, 6.07) is 0. The van der Waals surface area contributed by atoms with Crippen LogP contribution in [-0.4, -0.2) is 27.5 Å². The molecule has 0 spiro atoms. The van der Waals surface area contributed by atoms with Crippen LogP contribution in [0.15, 0.2) is 12.7 Å². The second-order valence-electron chi connectivity index (χ2n) is 1.46. The van der Waals surface area contributed by atoms with Gasteiger partial charge in [0.05, 0.1) is 0 Å². The van der Waals surface area contributed by atoms with Gasteiger partial charge in [-0.15, -0.1) is 6.58 Å². The van der Waals surface area contributed by atoms with E-state index >= 15 is 0 Å². The van der Waals surface area contributed by atoms with E-state index in [4.69, 9.17) is 9.79 Å². The van der Waals surface area contributed by atoms with Gasteiger partial charge in [-0.05, 0) is 0 Å². The van der Waals surface area contributed by atoms with Crippen molar-refractivity contribution < 1.29 is 9.79 Å². The highest BCUT2D eigenvalue weighted by atomic mass is 32.2. The van der Waals surface area contributed by atoms with Crippen LogP contribution in [0, 0.1) is 0 Å². The first kappa shape index (κ1) is 9.44. The summed E-state index contributed by atoms with van der Waals surface area (Å²) in [6.07, 6.45) is 2.32. The van der Waals surface area contributed by atoms with E-state index < -0.39 is 8.38 Å². The molecule has 0 saturated heterocycles. The van der Waals surface area contributed by atoms with E-state index in [1.54, 1.807) is 11.8 Å². The second kappa shape index (κ2) is 6.56. The minimum Gasteiger partial charge on any atom is -0.350 e. The van der Waals surface area contributed by atoms with Crippen molar-refractivity contribution >= 4 is 20.1 Å². The molecule has 0 fully saturated rings. The fourth-order valence-electron chi connectivity index (χ4n) is 0.313. The average molecular weight is 166 g/mol. The zero-order valence-corrected chi connectivity index (χ0v) is 6.87. The summed E-state index contributed by atoms with van der Waals surface area (Å²) in [5.41, 5.74) is 0. The van der Waals surface area contributed by atoms with Crippen molar-refractivity contribution in [3.8, 4) is 0 Å². The van der Waals surface area contributed by atoms with E-state index in [1.165, 1.54) is 0 Å². The second-order valence-corrected chi connectivity index (χ2v) is 3.80. The molecule has 0 amide bonds. The highest BCUT2D eigenvalue weighted by Crippen LogP contribution is 2.23. The molecule has 0 heterocycles. The topological polar surface area (TPSA) is 40.5 Å². The molecule has 54 valence electrons. The standard InChI is InChI=1S/C5H11O2PS/c1-2-4-9-5-3-8(6)7/h2,6-7H,1,3-5H2. The van der Waals surface area contributed by atoms with Crippen LogP contribution in [-0.2, 0) is 0 Å². The van der Waals surface area contributed by atoms with Crippen LogP contribution >= 0.6 is 20.1 Å². The van der Waals surface area contributed by atoms with Crippen molar-refractivity contribution in [2.75, 3.05) is 17.7 Å². The van der Waals surface area contributed by atoms with Gasteiger partial charge in [0, 0.05) is 17.7 Å². The molecular weight excluding hydrogens is 155 g/mol. The van der Waals surface area contributed by atoms with Crippen LogP contribution in [0.2, 0.25) is 0 Å². The van der Waals surface area contributed by atoms with Crippen molar-refractivity contribution in [3.63, 3.8) is 0 Å². The molecule has 0 unspecified atom stereocenters. The van der Waals surface area contributed by atoms with Gasteiger partial charge in [-0.25, -0.2) is 0 Å². The number of rotatable bonds is 5. The summed E-state index contributed by atoms with van der Waals surface area (Å²) < 4.78 is 0. The lowest BCUT2D eigenvalue weighted by atomic mass is 10.8. The Labute approximate surface area is 60.9 Å². The maximum atomic E-state index is 8.43. The Morgan fingerprint density at radius 1 is 1.56 bits per heavy atom. The minimum absolute atomic E-state index is 0.508. The lowest BCUT2D eigenvalue weighted by Gasteiger charge is -1.98. The van der Waals surface area contributed by atoms with Gasteiger partial charge in [0.1, 0.15) is 0 Å². The van der Waals surface area contributed by atoms with Gasteiger partial charge in [-0.3, -0.25) is 0 Å². The van der Waals surface area contributed by atoms with Crippen molar-refractivity contribution in [1.82, 2.24) is 0 Å². The molecular formula is C5H11O2PS. The Morgan fingerprint density at radius 2 is 2.22 bits per heavy atom.